The first-order valence-corrected chi connectivity index (χ1v) is 2.86. The molecule has 0 bridgehead atoms. The minimum absolute atomic E-state index is 0. The zero-order valence-corrected chi connectivity index (χ0v) is 13.5. The van der Waals surface area contributed by atoms with Gasteiger partial charge in [-0.3, -0.25) is 4.70 Å². The van der Waals surface area contributed by atoms with Crippen molar-refractivity contribution < 1.29 is 112 Å². The summed E-state index contributed by atoms with van der Waals surface area (Å²) in [6.45, 7) is 0. The van der Waals surface area contributed by atoms with Crippen LogP contribution < -0.4 is 103 Å². The summed E-state index contributed by atoms with van der Waals surface area (Å²) < 4.78 is 3.41. The van der Waals surface area contributed by atoms with Crippen LogP contribution in [0.2, 0.25) is 0 Å². The molecule has 0 aromatic rings. The Balaban J connectivity index is -0.0000000208. The molecule has 0 aromatic heterocycles. The molecule has 0 aliphatic carbocycles. The van der Waals surface area contributed by atoms with Crippen LogP contribution in [-0.4, -0.2) is 16.2 Å². The number of rotatable bonds is 1. The quantitative estimate of drug-likeness (QED) is 0.390. The summed E-state index contributed by atoms with van der Waals surface area (Å²) in [6, 6.07) is 0. The Hall–Kier alpha value is 2.99. The van der Waals surface area contributed by atoms with Gasteiger partial charge in [-0.15, -0.1) is 9.05 Å². The summed E-state index contributed by atoms with van der Waals surface area (Å²) >= 11 is 0. The standard InChI is InChI=1S/CH3O4Si.FH.3Na/c1-5-6(2,3)4;;;;/h1H3;1H;;;/q-3;;3*+1. The van der Waals surface area contributed by atoms with E-state index < -0.39 is 9.05 Å². The molecule has 0 atom stereocenters. The molecule has 0 N–H and O–H groups in total. The van der Waals surface area contributed by atoms with Gasteiger partial charge in [0.25, 0.3) is 0 Å². The minimum Gasteiger partial charge on any atom is -0.861 e. The molecule has 4 nitrogen and oxygen atoms in total. The Morgan fingerprint density at radius 1 is 1.00 bits per heavy atom. The molecule has 0 saturated carbocycles. The van der Waals surface area contributed by atoms with Crippen molar-refractivity contribution in [1.29, 1.82) is 0 Å². The first-order chi connectivity index (χ1) is 2.56. The summed E-state index contributed by atoms with van der Waals surface area (Å²) in [5.74, 6) is 0. The van der Waals surface area contributed by atoms with E-state index >= 15 is 0 Å². The van der Waals surface area contributed by atoms with Crippen LogP contribution in [0.3, 0.4) is 0 Å². The fraction of sp³-hybridized carbons (Fsp3) is 1.00. The van der Waals surface area contributed by atoms with Crippen molar-refractivity contribution in [1.82, 2.24) is 0 Å². The Morgan fingerprint density at radius 2 is 1.10 bits per heavy atom. The van der Waals surface area contributed by atoms with Crippen molar-refractivity contribution in [3.8, 4) is 0 Å². The van der Waals surface area contributed by atoms with E-state index in [4.69, 9.17) is 0 Å². The van der Waals surface area contributed by atoms with Gasteiger partial charge in [-0.25, -0.2) is 0 Å². The van der Waals surface area contributed by atoms with Gasteiger partial charge in [0.05, 0.1) is 0 Å². The predicted molar refractivity (Wildman–Crippen MR) is 15.3 cm³/mol. The zero-order valence-electron chi connectivity index (χ0n) is 6.54. The van der Waals surface area contributed by atoms with Crippen LogP contribution in [-0.2, 0) is 4.43 Å². The second-order valence-corrected chi connectivity index (χ2v) is 2.11. The molecule has 0 aromatic carbocycles. The zero-order chi connectivity index (χ0) is 5.21. The average molecular weight is 196 g/mol. The molecular formula is CH4FNa3O4Si. The van der Waals surface area contributed by atoms with Gasteiger partial charge in [-0.2, -0.15) is 0 Å². The van der Waals surface area contributed by atoms with E-state index in [1.807, 2.05) is 0 Å². The Kier molecular flexibility index (Phi) is 42.4. The maximum absolute atomic E-state index is 9.28. The van der Waals surface area contributed by atoms with E-state index in [1.165, 1.54) is 0 Å². The van der Waals surface area contributed by atoms with Crippen molar-refractivity contribution >= 4 is 9.05 Å². The van der Waals surface area contributed by atoms with Crippen LogP contribution in [0.25, 0.3) is 0 Å². The molecule has 10 heavy (non-hydrogen) atoms. The molecule has 0 saturated heterocycles. The van der Waals surface area contributed by atoms with Gasteiger partial charge in [-0.05, 0) is 0 Å². The van der Waals surface area contributed by atoms with Crippen LogP contribution in [0.5, 0.6) is 0 Å². The minimum atomic E-state index is -4.88. The van der Waals surface area contributed by atoms with Gasteiger partial charge >= 0.3 is 88.7 Å². The molecule has 0 spiro atoms. The normalized spacial score (nSPS) is 7.20. The average Bonchev–Trinajstić information content (AvgIpc) is 1.35. The monoisotopic (exact) mass is 196 g/mol. The summed E-state index contributed by atoms with van der Waals surface area (Å²) in [5, 5.41) is 0. The van der Waals surface area contributed by atoms with Gasteiger partial charge in [0.15, 0.2) is 0 Å². The molecule has 46 valence electrons. The van der Waals surface area contributed by atoms with Crippen LogP contribution in [0.4, 0.5) is 4.70 Å². The maximum Gasteiger partial charge on any atom is 1.00 e. The molecule has 0 rings (SSSR count). The Bertz CT molecular complexity index is 50.3. The van der Waals surface area contributed by atoms with E-state index in [-0.39, 0.29) is 93.4 Å². The molecule has 0 unspecified atom stereocenters. The smallest absolute Gasteiger partial charge is 0.861 e. The van der Waals surface area contributed by atoms with Gasteiger partial charge in [-0.1, -0.05) is 0 Å². The third kappa shape index (κ3) is 30.6. The second-order valence-electron chi connectivity index (χ2n) is 0.704. The third-order valence-electron chi connectivity index (χ3n) is 0.250. The van der Waals surface area contributed by atoms with Crippen LogP contribution in [0, 0.1) is 0 Å². The molecule has 0 aliphatic heterocycles. The van der Waals surface area contributed by atoms with E-state index in [9.17, 15) is 14.4 Å². The van der Waals surface area contributed by atoms with Gasteiger partial charge in [0.1, 0.15) is 0 Å². The predicted octanol–water partition coefficient (Wildman–Crippen LogP) is -12.7. The molecule has 0 aliphatic rings. The van der Waals surface area contributed by atoms with Crippen LogP contribution >= 0.6 is 0 Å². The summed E-state index contributed by atoms with van der Waals surface area (Å²) in [4.78, 5) is 27.8. The summed E-state index contributed by atoms with van der Waals surface area (Å²) in [5.41, 5.74) is 0. The SMILES string of the molecule is CO[Si]([O-])([O-])[O-].F.[Na+].[Na+].[Na+]. The maximum atomic E-state index is 9.28. The van der Waals surface area contributed by atoms with Crippen molar-refractivity contribution in [3.05, 3.63) is 0 Å². The van der Waals surface area contributed by atoms with E-state index in [0.717, 1.165) is 7.11 Å². The third-order valence-corrected chi connectivity index (χ3v) is 0.750. The van der Waals surface area contributed by atoms with Crippen LogP contribution in [0.15, 0.2) is 0 Å². The number of hydrogen-bond acceptors (Lipinski definition) is 4. The largest absolute Gasteiger partial charge is 1.00 e. The summed E-state index contributed by atoms with van der Waals surface area (Å²) in [7, 11) is -4.05. The molecule has 0 amide bonds. The summed E-state index contributed by atoms with van der Waals surface area (Å²) in [6.07, 6.45) is 0. The molecule has 0 heterocycles. The van der Waals surface area contributed by atoms with Crippen molar-refractivity contribution in [3.63, 3.8) is 0 Å². The van der Waals surface area contributed by atoms with Gasteiger partial charge < -0.3 is 18.8 Å². The fourth-order valence-corrected chi connectivity index (χ4v) is 0. The molecular weight excluding hydrogens is 192 g/mol. The van der Waals surface area contributed by atoms with E-state index in [0.29, 0.717) is 0 Å². The first kappa shape index (κ1) is 29.3. The Morgan fingerprint density at radius 3 is 1.10 bits per heavy atom. The van der Waals surface area contributed by atoms with E-state index in [1.54, 1.807) is 0 Å². The first-order valence-electron chi connectivity index (χ1n) is 1.22. The van der Waals surface area contributed by atoms with Gasteiger partial charge in [0.2, 0.25) is 0 Å². The van der Waals surface area contributed by atoms with Crippen molar-refractivity contribution in [2.45, 2.75) is 0 Å². The Labute approximate surface area is 126 Å². The van der Waals surface area contributed by atoms with Gasteiger partial charge in [0, 0.05) is 7.11 Å². The molecule has 0 radical (unpaired) electrons. The molecule has 9 heteroatoms. The van der Waals surface area contributed by atoms with Crippen LogP contribution in [0.1, 0.15) is 0 Å². The van der Waals surface area contributed by atoms with E-state index in [2.05, 4.69) is 4.43 Å². The fourth-order valence-electron chi connectivity index (χ4n) is 0. The topological polar surface area (TPSA) is 78.4 Å². The number of hydrogen-bond donors (Lipinski definition) is 0. The van der Waals surface area contributed by atoms with Crippen molar-refractivity contribution in [2.75, 3.05) is 7.11 Å². The molecule has 0 fully saturated rings. The number of halogens is 1. The van der Waals surface area contributed by atoms with Crippen molar-refractivity contribution in [2.24, 2.45) is 0 Å². The second kappa shape index (κ2) is 14.5.